The summed E-state index contributed by atoms with van der Waals surface area (Å²) >= 11 is 0. The number of carbonyl (C=O) groups excluding carboxylic acids is 1. The number of H-pyrrole nitrogens is 1. The lowest BCUT2D eigenvalue weighted by molar-refractivity contribution is -0.255. The van der Waals surface area contributed by atoms with E-state index in [9.17, 15) is 9.90 Å². The summed E-state index contributed by atoms with van der Waals surface area (Å²) in [5, 5.41) is 16.8. The summed E-state index contributed by atoms with van der Waals surface area (Å²) in [6, 6.07) is 0. The Morgan fingerprint density at radius 3 is 3.09 bits per heavy atom. The van der Waals surface area contributed by atoms with Gasteiger partial charge in [0.05, 0.1) is 5.97 Å². The molecule has 0 saturated carbocycles. The minimum absolute atomic E-state index is 0.0949. The molecule has 0 amide bonds. The van der Waals surface area contributed by atoms with Crippen molar-refractivity contribution in [3.63, 3.8) is 0 Å². The highest BCUT2D eigenvalue weighted by Gasteiger charge is 2.18. The van der Waals surface area contributed by atoms with Crippen LogP contribution in [0, 0.1) is 0 Å². The first kappa shape index (κ1) is 6.39. The van der Waals surface area contributed by atoms with Gasteiger partial charge in [0.15, 0.2) is 0 Å². The highest BCUT2D eigenvalue weighted by Crippen LogP contribution is 2.21. The second-order valence-electron chi connectivity index (χ2n) is 2.67. The van der Waals surface area contributed by atoms with Gasteiger partial charge in [0.25, 0.3) is 0 Å². The average Bonchev–Trinajstić information content (AvgIpc) is 2.41. The predicted octanol–water partition coefficient (Wildman–Crippen LogP) is -0.738. The molecule has 0 bridgehead atoms. The number of fused-ring (bicyclic) bond motifs is 1. The van der Waals surface area contributed by atoms with E-state index in [1.54, 1.807) is 0 Å². The Hall–Kier alpha value is -1.32. The van der Waals surface area contributed by atoms with Gasteiger partial charge in [0.2, 0.25) is 0 Å². The topological polar surface area (TPSA) is 68.8 Å². The molecule has 1 aliphatic carbocycles. The van der Waals surface area contributed by atoms with E-state index in [2.05, 4.69) is 10.2 Å². The molecule has 2 rings (SSSR count). The van der Waals surface area contributed by atoms with Crippen LogP contribution in [0.25, 0.3) is 0 Å². The van der Waals surface area contributed by atoms with Crippen molar-refractivity contribution < 1.29 is 9.90 Å². The van der Waals surface area contributed by atoms with E-state index in [0.717, 1.165) is 30.5 Å². The lowest BCUT2D eigenvalue weighted by Gasteiger charge is -1.97. The lowest BCUT2D eigenvalue weighted by Crippen LogP contribution is -2.23. The molecule has 0 saturated heterocycles. The average molecular weight is 151 g/mol. The third-order valence-corrected chi connectivity index (χ3v) is 2.00. The predicted molar refractivity (Wildman–Crippen MR) is 34.9 cm³/mol. The van der Waals surface area contributed by atoms with Crippen LogP contribution in [0.15, 0.2) is 0 Å². The molecule has 4 heteroatoms. The third kappa shape index (κ3) is 0.824. The van der Waals surface area contributed by atoms with Gasteiger partial charge < -0.3 is 9.90 Å². The van der Waals surface area contributed by atoms with Gasteiger partial charge in [-0.05, 0) is 19.3 Å². The van der Waals surface area contributed by atoms with E-state index in [0.29, 0.717) is 0 Å². The summed E-state index contributed by atoms with van der Waals surface area (Å²) in [6.45, 7) is 0. The number of carboxylic acids is 1. The number of aryl methyl sites for hydroxylation is 1. The third-order valence-electron chi connectivity index (χ3n) is 2.00. The zero-order valence-electron chi connectivity index (χ0n) is 5.89. The van der Waals surface area contributed by atoms with Crippen LogP contribution in [0.1, 0.15) is 28.2 Å². The second-order valence-corrected chi connectivity index (χ2v) is 2.67. The van der Waals surface area contributed by atoms with E-state index in [-0.39, 0.29) is 5.69 Å². The van der Waals surface area contributed by atoms with E-state index < -0.39 is 5.97 Å². The summed E-state index contributed by atoms with van der Waals surface area (Å²) < 4.78 is 0. The van der Waals surface area contributed by atoms with Gasteiger partial charge in [-0.15, -0.1) is 0 Å². The molecule has 0 spiro atoms. The zero-order chi connectivity index (χ0) is 7.84. The fourth-order valence-corrected chi connectivity index (χ4v) is 1.49. The van der Waals surface area contributed by atoms with Gasteiger partial charge in [-0.1, -0.05) is 0 Å². The maximum Gasteiger partial charge on any atom is 0.111 e. The summed E-state index contributed by atoms with van der Waals surface area (Å²) in [6.07, 6.45) is 2.74. The van der Waals surface area contributed by atoms with E-state index in [4.69, 9.17) is 0 Å². The van der Waals surface area contributed by atoms with Crippen molar-refractivity contribution >= 4 is 5.97 Å². The fraction of sp³-hybridized carbons (Fsp3) is 0.429. The number of carboxylic acid groups (broad SMARTS) is 1. The monoisotopic (exact) mass is 151 g/mol. The highest BCUT2D eigenvalue weighted by molar-refractivity contribution is 5.85. The van der Waals surface area contributed by atoms with Crippen LogP contribution >= 0.6 is 0 Å². The van der Waals surface area contributed by atoms with Crippen molar-refractivity contribution in [2.24, 2.45) is 0 Å². The summed E-state index contributed by atoms with van der Waals surface area (Å²) in [5.41, 5.74) is 1.90. The zero-order valence-corrected chi connectivity index (χ0v) is 5.89. The minimum Gasteiger partial charge on any atom is -0.543 e. The van der Waals surface area contributed by atoms with Crippen molar-refractivity contribution in [3.05, 3.63) is 17.0 Å². The molecule has 58 valence electrons. The molecule has 0 radical (unpaired) electrons. The molecule has 0 fully saturated rings. The Balaban J connectivity index is 2.50. The molecule has 0 aliphatic heterocycles. The highest BCUT2D eigenvalue weighted by atomic mass is 16.4. The van der Waals surface area contributed by atoms with Crippen LogP contribution in [-0.4, -0.2) is 16.2 Å². The van der Waals surface area contributed by atoms with Crippen molar-refractivity contribution in [1.82, 2.24) is 10.2 Å². The number of rotatable bonds is 1. The Morgan fingerprint density at radius 1 is 1.55 bits per heavy atom. The fourth-order valence-electron chi connectivity index (χ4n) is 1.49. The first-order valence-electron chi connectivity index (χ1n) is 3.56. The molecule has 1 aliphatic rings. The van der Waals surface area contributed by atoms with Crippen LogP contribution in [0.5, 0.6) is 0 Å². The lowest BCUT2D eigenvalue weighted by atomic mass is 10.2. The molecular formula is C7H7N2O2-. The molecular weight excluding hydrogens is 144 g/mol. The van der Waals surface area contributed by atoms with Crippen LogP contribution in [0.2, 0.25) is 0 Å². The van der Waals surface area contributed by atoms with Gasteiger partial charge in [0, 0.05) is 11.3 Å². The Labute approximate surface area is 63.2 Å². The second kappa shape index (κ2) is 2.08. The van der Waals surface area contributed by atoms with E-state index in [1.807, 2.05) is 0 Å². The van der Waals surface area contributed by atoms with Crippen molar-refractivity contribution in [1.29, 1.82) is 0 Å². The first-order valence-corrected chi connectivity index (χ1v) is 3.56. The number of hydrogen-bond donors (Lipinski definition) is 1. The van der Waals surface area contributed by atoms with Gasteiger partial charge in [-0.3, -0.25) is 5.10 Å². The maximum atomic E-state index is 10.4. The molecule has 1 N–H and O–H groups in total. The SMILES string of the molecule is O=C([O-])c1n[nH]c2c1CCC2. The van der Waals surface area contributed by atoms with E-state index in [1.165, 1.54) is 0 Å². The summed E-state index contributed by atoms with van der Waals surface area (Å²) in [4.78, 5) is 10.4. The smallest absolute Gasteiger partial charge is 0.111 e. The number of aromatic nitrogens is 2. The van der Waals surface area contributed by atoms with Gasteiger partial charge in [-0.25, -0.2) is 0 Å². The Morgan fingerprint density at radius 2 is 2.36 bits per heavy atom. The molecule has 0 aromatic carbocycles. The first-order chi connectivity index (χ1) is 5.29. The number of aromatic carboxylic acids is 1. The van der Waals surface area contributed by atoms with Crippen LogP contribution in [0.4, 0.5) is 0 Å². The number of hydrogen-bond acceptors (Lipinski definition) is 3. The molecule has 0 unspecified atom stereocenters. The summed E-state index contributed by atoms with van der Waals surface area (Å²) in [5.74, 6) is -1.18. The number of nitrogens with zero attached hydrogens (tertiary/aromatic N) is 1. The molecule has 1 aromatic heterocycles. The van der Waals surface area contributed by atoms with Crippen molar-refractivity contribution in [2.45, 2.75) is 19.3 Å². The standard InChI is InChI=1S/C7H8N2O2/c10-7(11)6-4-2-1-3-5(4)8-9-6/h1-3H2,(H,8,9)(H,10,11)/p-1. The van der Waals surface area contributed by atoms with Gasteiger partial charge in [-0.2, -0.15) is 5.10 Å². The molecule has 0 atom stereocenters. The minimum atomic E-state index is -1.18. The number of nitrogens with one attached hydrogen (secondary N) is 1. The molecule has 4 nitrogen and oxygen atoms in total. The van der Waals surface area contributed by atoms with E-state index >= 15 is 0 Å². The number of aromatic amines is 1. The van der Waals surface area contributed by atoms with Crippen LogP contribution < -0.4 is 5.11 Å². The molecule has 11 heavy (non-hydrogen) atoms. The Kier molecular flexibility index (Phi) is 1.21. The largest absolute Gasteiger partial charge is 0.543 e. The van der Waals surface area contributed by atoms with Crippen LogP contribution in [-0.2, 0) is 12.8 Å². The molecule has 1 heterocycles. The van der Waals surface area contributed by atoms with Gasteiger partial charge >= 0.3 is 0 Å². The quantitative estimate of drug-likeness (QED) is 0.574. The molecule has 1 aromatic rings. The maximum absolute atomic E-state index is 10.4. The normalized spacial score (nSPS) is 14.9. The summed E-state index contributed by atoms with van der Waals surface area (Å²) in [7, 11) is 0. The van der Waals surface area contributed by atoms with Gasteiger partial charge in [0.1, 0.15) is 5.69 Å². The van der Waals surface area contributed by atoms with Crippen molar-refractivity contribution in [2.75, 3.05) is 0 Å². The number of carbonyl (C=O) groups is 1. The Bertz CT molecular complexity index is 303. The van der Waals surface area contributed by atoms with Crippen molar-refractivity contribution in [3.8, 4) is 0 Å². The van der Waals surface area contributed by atoms with Crippen LogP contribution in [0.3, 0.4) is 0 Å².